The third-order valence-electron chi connectivity index (χ3n) is 7.51. The first-order valence-electron chi connectivity index (χ1n) is 16.3. The van der Waals surface area contributed by atoms with Crippen LogP contribution in [0.4, 0.5) is 4.79 Å². The molecule has 3 aromatic rings. The van der Waals surface area contributed by atoms with Crippen LogP contribution in [-0.2, 0) is 43.2 Å². The summed E-state index contributed by atoms with van der Waals surface area (Å²) >= 11 is 0. The van der Waals surface area contributed by atoms with Gasteiger partial charge in [0.25, 0.3) is 0 Å². The molecule has 262 valence electrons. The number of carbonyl (C=O) groups is 5. The Morgan fingerprint density at radius 2 is 1.08 bits per heavy atom. The SMILES string of the molecule is CC(C)(C)OC(=O)N[C@H](CN[C@@H](Cc1ccccc1)C(=O)N[C@@H](CCC(N)=O)C(=O)N[C@@H](Cc1ccccc1)C(N)=O)Cc1ccccc1. The lowest BCUT2D eigenvalue weighted by molar-refractivity contribution is -0.132. The Kier molecular flexibility index (Phi) is 14.8. The molecule has 0 unspecified atom stereocenters. The molecule has 0 saturated carbocycles. The zero-order valence-electron chi connectivity index (χ0n) is 28.3. The molecule has 3 rings (SSSR count). The number of primary amides is 2. The van der Waals surface area contributed by atoms with Crippen molar-refractivity contribution in [3.05, 3.63) is 108 Å². The minimum Gasteiger partial charge on any atom is -0.444 e. The smallest absolute Gasteiger partial charge is 0.407 e. The second-order valence-electron chi connectivity index (χ2n) is 12.9. The summed E-state index contributed by atoms with van der Waals surface area (Å²) in [6.45, 7) is 5.50. The van der Waals surface area contributed by atoms with Crippen molar-refractivity contribution in [3.63, 3.8) is 0 Å². The first-order chi connectivity index (χ1) is 23.3. The van der Waals surface area contributed by atoms with Crippen molar-refractivity contribution in [1.82, 2.24) is 21.3 Å². The van der Waals surface area contributed by atoms with Gasteiger partial charge < -0.3 is 37.5 Å². The van der Waals surface area contributed by atoms with Gasteiger partial charge in [-0.25, -0.2) is 4.79 Å². The summed E-state index contributed by atoms with van der Waals surface area (Å²) < 4.78 is 5.49. The third kappa shape index (κ3) is 14.6. The fraction of sp³-hybridized carbons (Fsp3) is 0.378. The maximum absolute atomic E-state index is 13.9. The fourth-order valence-corrected chi connectivity index (χ4v) is 5.11. The molecule has 0 aromatic heterocycles. The van der Waals surface area contributed by atoms with Crippen molar-refractivity contribution in [1.29, 1.82) is 0 Å². The molecule has 0 aliphatic heterocycles. The zero-order chi connectivity index (χ0) is 35.8. The van der Waals surface area contributed by atoms with Gasteiger partial charge in [0.15, 0.2) is 0 Å². The molecule has 0 aliphatic carbocycles. The van der Waals surface area contributed by atoms with Gasteiger partial charge in [-0.05, 0) is 56.7 Å². The fourth-order valence-electron chi connectivity index (χ4n) is 5.11. The van der Waals surface area contributed by atoms with Crippen LogP contribution >= 0.6 is 0 Å². The Morgan fingerprint density at radius 3 is 1.55 bits per heavy atom. The van der Waals surface area contributed by atoms with Crippen LogP contribution in [0.3, 0.4) is 0 Å². The molecule has 0 bridgehead atoms. The second kappa shape index (κ2) is 18.9. The summed E-state index contributed by atoms with van der Waals surface area (Å²) in [6.07, 6.45) is -0.0376. The van der Waals surface area contributed by atoms with Crippen LogP contribution in [0.1, 0.15) is 50.3 Å². The van der Waals surface area contributed by atoms with E-state index in [2.05, 4.69) is 21.3 Å². The van der Waals surface area contributed by atoms with Gasteiger partial charge in [-0.3, -0.25) is 19.2 Å². The minimum atomic E-state index is -1.20. The van der Waals surface area contributed by atoms with Gasteiger partial charge in [-0.1, -0.05) is 91.0 Å². The quantitative estimate of drug-likeness (QED) is 0.119. The van der Waals surface area contributed by atoms with E-state index in [1.54, 1.807) is 45.0 Å². The Morgan fingerprint density at radius 1 is 0.633 bits per heavy atom. The van der Waals surface area contributed by atoms with Crippen LogP contribution < -0.4 is 32.7 Å². The Balaban J connectivity index is 1.81. The van der Waals surface area contributed by atoms with Crippen LogP contribution in [0.2, 0.25) is 0 Å². The minimum absolute atomic E-state index is 0.0986. The average Bonchev–Trinajstić information content (AvgIpc) is 3.04. The Hall–Kier alpha value is -5.23. The Bertz CT molecular complexity index is 1510. The topological polar surface area (TPSA) is 195 Å². The summed E-state index contributed by atoms with van der Waals surface area (Å²) in [4.78, 5) is 64.2. The number of carbonyl (C=O) groups excluding carboxylic acids is 5. The molecule has 0 heterocycles. The van der Waals surface area contributed by atoms with Gasteiger partial charge in [0.2, 0.25) is 23.6 Å². The summed E-state index contributed by atoms with van der Waals surface area (Å²) in [7, 11) is 0. The van der Waals surface area contributed by atoms with Crippen molar-refractivity contribution in [2.24, 2.45) is 11.5 Å². The molecule has 5 amide bonds. The number of alkyl carbamates (subject to hydrolysis) is 1. The predicted octanol–water partition coefficient (Wildman–Crippen LogP) is 2.29. The molecule has 3 aromatic carbocycles. The molecule has 0 spiro atoms. The lowest BCUT2D eigenvalue weighted by Gasteiger charge is -2.27. The van der Waals surface area contributed by atoms with E-state index in [0.29, 0.717) is 6.42 Å². The lowest BCUT2D eigenvalue weighted by atomic mass is 10.0. The number of benzene rings is 3. The molecule has 12 nitrogen and oxygen atoms in total. The number of ether oxygens (including phenoxy) is 1. The van der Waals surface area contributed by atoms with E-state index in [0.717, 1.165) is 16.7 Å². The van der Waals surface area contributed by atoms with E-state index < -0.39 is 59.5 Å². The summed E-state index contributed by atoms with van der Waals surface area (Å²) in [5.41, 5.74) is 12.9. The number of hydrogen-bond donors (Lipinski definition) is 6. The van der Waals surface area contributed by atoms with E-state index in [1.165, 1.54) is 0 Å². The highest BCUT2D eigenvalue weighted by atomic mass is 16.6. The van der Waals surface area contributed by atoms with Crippen molar-refractivity contribution in [2.75, 3.05) is 6.54 Å². The lowest BCUT2D eigenvalue weighted by Crippen LogP contribution is -2.57. The number of amides is 5. The van der Waals surface area contributed by atoms with Gasteiger partial charge >= 0.3 is 6.09 Å². The molecule has 49 heavy (non-hydrogen) atoms. The Labute approximate surface area is 287 Å². The standard InChI is InChI=1S/C37H48N6O6/c1-37(2,3)49-36(48)41-28(21-25-13-7-4-8-14-25)24-40-31(23-27-17-11-6-12-18-27)35(47)42-29(19-20-32(38)44)34(46)43-30(33(39)45)22-26-15-9-5-10-16-26/h4-18,28-31,40H,19-24H2,1-3H3,(H2,38,44)(H2,39,45)(H,41,48)(H,42,47)(H,43,46)/t28-,29-,30-,31-/m0/s1. The first-order valence-corrected chi connectivity index (χ1v) is 16.3. The molecule has 0 saturated heterocycles. The van der Waals surface area contributed by atoms with E-state index in [-0.39, 0.29) is 32.2 Å². The normalized spacial score (nSPS) is 13.6. The van der Waals surface area contributed by atoms with E-state index in [1.807, 2.05) is 66.7 Å². The third-order valence-corrected chi connectivity index (χ3v) is 7.51. The van der Waals surface area contributed by atoms with Crippen molar-refractivity contribution < 1.29 is 28.7 Å². The van der Waals surface area contributed by atoms with Crippen molar-refractivity contribution >= 4 is 29.7 Å². The largest absolute Gasteiger partial charge is 0.444 e. The summed E-state index contributed by atoms with van der Waals surface area (Å²) in [5.74, 6) is -2.61. The van der Waals surface area contributed by atoms with Gasteiger partial charge in [0.1, 0.15) is 17.7 Å². The molecule has 12 heteroatoms. The maximum atomic E-state index is 13.9. The molecule has 0 fully saturated rings. The van der Waals surface area contributed by atoms with E-state index in [9.17, 15) is 24.0 Å². The second-order valence-corrected chi connectivity index (χ2v) is 12.9. The van der Waals surface area contributed by atoms with Gasteiger partial charge in [-0.2, -0.15) is 0 Å². The molecular formula is C37H48N6O6. The van der Waals surface area contributed by atoms with Crippen LogP contribution in [0, 0.1) is 0 Å². The highest BCUT2D eigenvalue weighted by molar-refractivity contribution is 5.93. The van der Waals surface area contributed by atoms with Gasteiger partial charge in [0, 0.05) is 25.4 Å². The molecule has 0 aliphatic rings. The average molecular weight is 673 g/mol. The van der Waals surface area contributed by atoms with Crippen LogP contribution in [0.15, 0.2) is 91.0 Å². The molecular weight excluding hydrogens is 624 g/mol. The number of nitrogens with two attached hydrogens (primary N) is 2. The number of nitrogens with one attached hydrogen (secondary N) is 4. The number of rotatable bonds is 18. The predicted molar refractivity (Wildman–Crippen MR) is 187 cm³/mol. The van der Waals surface area contributed by atoms with Gasteiger partial charge in [0.05, 0.1) is 6.04 Å². The van der Waals surface area contributed by atoms with Crippen LogP contribution in [0.5, 0.6) is 0 Å². The highest BCUT2D eigenvalue weighted by Gasteiger charge is 2.30. The van der Waals surface area contributed by atoms with E-state index in [4.69, 9.17) is 16.2 Å². The van der Waals surface area contributed by atoms with Crippen LogP contribution in [0.25, 0.3) is 0 Å². The summed E-state index contributed by atoms with van der Waals surface area (Å²) in [5, 5.41) is 11.6. The van der Waals surface area contributed by atoms with Gasteiger partial charge in [-0.15, -0.1) is 0 Å². The zero-order valence-corrected chi connectivity index (χ0v) is 28.3. The van der Waals surface area contributed by atoms with Crippen LogP contribution in [-0.4, -0.2) is 66.0 Å². The molecule has 0 radical (unpaired) electrons. The van der Waals surface area contributed by atoms with E-state index >= 15 is 0 Å². The van der Waals surface area contributed by atoms with Crippen molar-refractivity contribution in [2.45, 2.75) is 82.6 Å². The molecule has 8 N–H and O–H groups in total. The highest BCUT2D eigenvalue weighted by Crippen LogP contribution is 2.11. The first kappa shape index (κ1) is 38.2. The number of hydrogen-bond acceptors (Lipinski definition) is 7. The summed E-state index contributed by atoms with van der Waals surface area (Å²) in [6, 6.07) is 24.4. The maximum Gasteiger partial charge on any atom is 0.407 e. The van der Waals surface area contributed by atoms with Crippen molar-refractivity contribution in [3.8, 4) is 0 Å². The molecule has 4 atom stereocenters. The monoisotopic (exact) mass is 672 g/mol.